The van der Waals surface area contributed by atoms with Crippen LogP contribution in [0.3, 0.4) is 0 Å². The van der Waals surface area contributed by atoms with Crippen LogP contribution in [0.15, 0.2) is 48.5 Å². The van der Waals surface area contributed by atoms with E-state index in [1.807, 2.05) is 12.1 Å². The average molecular weight is 314 g/mol. The molecule has 0 amide bonds. The molecule has 2 heteroatoms. The maximum absolute atomic E-state index is 6.29. The quantitative estimate of drug-likeness (QED) is 0.462. The fourth-order valence-electron chi connectivity index (χ4n) is 4.12. The molecule has 0 aliphatic rings. The van der Waals surface area contributed by atoms with Crippen molar-refractivity contribution in [3.05, 3.63) is 65.2 Å². The highest BCUT2D eigenvalue weighted by atomic mass is 14.9. The molecule has 0 aliphatic heterocycles. The van der Waals surface area contributed by atoms with Gasteiger partial charge in [0.2, 0.25) is 0 Å². The van der Waals surface area contributed by atoms with E-state index in [0.29, 0.717) is 0 Å². The highest BCUT2D eigenvalue weighted by Crippen LogP contribution is 2.41. The second kappa shape index (κ2) is 5.13. The minimum Gasteiger partial charge on any atom is -0.398 e. The Kier molecular flexibility index (Phi) is 3.17. The van der Waals surface area contributed by atoms with Gasteiger partial charge in [-0.1, -0.05) is 36.4 Å². The van der Waals surface area contributed by atoms with Gasteiger partial charge in [-0.15, -0.1) is 0 Å². The van der Waals surface area contributed by atoms with Crippen LogP contribution in [-0.2, 0) is 7.05 Å². The third-order valence-corrected chi connectivity index (χ3v) is 5.38. The maximum atomic E-state index is 6.29. The van der Waals surface area contributed by atoms with Crippen LogP contribution >= 0.6 is 0 Å². The van der Waals surface area contributed by atoms with Crippen molar-refractivity contribution >= 4 is 27.5 Å². The van der Waals surface area contributed by atoms with Gasteiger partial charge < -0.3 is 10.3 Å². The Morgan fingerprint density at radius 1 is 0.792 bits per heavy atom. The molecule has 2 nitrogen and oxygen atoms in total. The molecule has 4 aromatic rings. The molecule has 1 heterocycles. The highest BCUT2D eigenvalue weighted by Gasteiger charge is 2.19. The third kappa shape index (κ3) is 1.83. The molecule has 0 saturated heterocycles. The van der Waals surface area contributed by atoms with Gasteiger partial charge in [0.25, 0.3) is 0 Å². The van der Waals surface area contributed by atoms with Crippen molar-refractivity contribution in [3.63, 3.8) is 0 Å². The van der Waals surface area contributed by atoms with Gasteiger partial charge in [-0.25, -0.2) is 0 Å². The fraction of sp³-hybridized carbons (Fsp3) is 0.182. The summed E-state index contributed by atoms with van der Waals surface area (Å²) < 4.78 is 2.31. The Morgan fingerprint density at radius 2 is 1.46 bits per heavy atom. The molecule has 4 rings (SSSR count). The zero-order valence-corrected chi connectivity index (χ0v) is 14.6. The molecule has 2 N–H and O–H groups in total. The number of anilines is 1. The van der Waals surface area contributed by atoms with E-state index in [-0.39, 0.29) is 0 Å². The van der Waals surface area contributed by atoms with Crippen LogP contribution in [0.2, 0.25) is 0 Å². The molecule has 0 fully saturated rings. The minimum atomic E-state index is 0.834. The lowest BCUT2D eigenvalue weighted by atomic mass is 9.88. The molecular weight excluding hydrogens is 292 g/mol. The Bertz CT molecular complexity index is 1100. The molecule has 0 atom stereocenters. The first-order chi connectivity index (χ1) is 11.5. The van der Waals surface area contributed by atoms with E-state index in [0.717, 1.165) is 11.3 Å². The van der Waals surface area contributed by atoms with Crippen molar-refractivity contribution < 1.29 is 0 Å². The third-order valence-electron chi connectivity index (χ3n) is 5.38. The molecule has 0 spiro atoms. The Morgan fingerprint density at radius 3 is 2.21 bits per heavy atom. The van der Waals surface area contributed by atoms with E-state index in [4.69, 9.17) is 5.73 Å². The van der Waals surface area contributed by atoms with Gasteiger partial charge in [0.15, 0.2) is 0 Å². The van der Waals surface area contributed by atoms with Crippen molar-refractivity contribution in [2.75, 3.05) is 5.73 Å². The number of nitrogens with two attached hydrogens (primary N) is 1. The van der Waals surface area contributed by atoms with Crippen LogP contribution in [0, 0.1) is 20.8 Å². The average Bonchev–Trinajstić information content (AvgIpc) is 2.88. The zero-order valence-electron chi connectivity index (χ0n) is 14.6. The van der Waals surface area contributed by atoms with E-state index in [2.05, 4.69) is 68.8 Å². The van der Waals surface area contributed by atoms with Crippen LogP contribution in [-0.4, -0.2) is 4.57 Å². The van der Waals surface area contributed by atoms with Gasteiger partial charge in [0, 0.05) is 34.6 Å². The molecule has 0 bridgehead atoms. The molecule has 3 aromatic carbocycles. The Balaban J connectivity index is 2.25. The summed E-state index contributed by atoms with van der Waals surface area (Å²) in [7, 11) is 2.16. The molecule has 0 unspecified atom stereocenters. The summed E-state index contributed by atoms with van der Waals surface area (Å²) in [6.07, 6.45) is 0. The van der Waals surface area contributed by atoms with E-state index in [1.54, 1.807) is 0 Å². The Hall–Kier alpha value is -2.74. The first-order valence-electron chi connectivity index (χ1n) is 8.34. The highest BCUT2D eigenvalue weighted by molar-refractivity contribution is 6.13. The fourth-order valence-corrected chi connectivity index (χ4v) is 4.12. The van der Waals surface area contributed by atoms with Gasteiger partial charge in [-0.3, -0.25) is 0 Å². The second-order valence-corrected chi connectivity index (χ2v) is 6.64. The van der Waals surface area contributed by atoms with Gasteiger partial charge >= 0.3 is 0 Å². The number of para-hydroxylation sites is 2. The van der Waals surface area contributed by atoms with Crippen molar-refractivity contribution in [2.24, 2.45) is 7.05 Å². The largest absolute Gasteiger partial charge is 0.398 e. The second-order valence-electron chi connectivity index (χ2n) is 6.64. The number of benzene rings is 3. The zero-order chi connectivity index (χ0) is 17.0. The summed E-state index contributed by atoms with van der Waals surface area (Å²) >= 11 is 0. The smallest absolute Gasteiger partial charge is 0.0527 e. The summed E-state index contributed by atoms with van der Waals surface area (Å²) in [5.74, 6) is 0. The Labute approximate surface area is 142 Å². The maximum Gasteiger partial charge on any atom is 0.0527 e. The summed E-state index contributed by atoms with van der Waals surface area (Å²) in [5, 5.41) is 2.69. The molecule has 0 aliphatic carbocycles. The van der Waals surface area contributed by atoms with Gasteiger partial charge in [0.05, 0.1) is 5.52 Å². The van der Waals surface area contributed by atoms with Crippen LogP contribution in [0.25, 0.3) is 32.9 Å². The van der Waals surface area contributed by atoms with E-state index >= 15 is 0 Å². The van der Waals surface area contributed by atoms with Gasteiger partial charge in [-0.05, 0) is 55.2 Å². The predicted octanol–water partition coefficient (Wildman–Crippen LogP) is 5.51. The summed E-state index contributed by atoms with van der Waals surface area (Å²) in [4.78, 5) is 0. The van der Waals surface area contributed by atoms with Crippen LogP contribution in [0.4, 0.5) is 5.69 Å². The lowest BCUT2D eigenvalue weighted by molar-refractivity contribution is 1.01. The van der Waals surface area contributed by atoms with Crippen molar-refractivity contribution in [3.8, 4) is 11.1 Å². The van der Waals surface area contributed by atoms with E-state index < -0.39 is 0 Å². The summed E-state index contributed by atoms with van der Waals surface area (Å²) in [5.41, 5.74) is 16.0. The van der Waals surface area contributed by atoms with Crippen LogP contribution in [0.1, 0.15) is 16.7 Å². The molecule has 0 radical (unpaired) electrons. The number of fused-ring (bicyclic) bond motifs is 3. The number of nitrogens with zero attached hydrogens (tertiary/aromatic N) is 1. The topological polar surface area (TPSA) is 30.9 Å². The summed E-state index contributed by atoms with van der Waals surface area (Å²) in [6, 6.07) is 16.8. The van der Waals surface area contributed by atoms with E-state index in [1.165, 1.54) is 44.1 Å². The van der Waals surface area contributed by atoms with E-state index in [9.17, 15) is 0 Å². The monoisotopic (exact) mass is 314 g/mol. The normalized spacial score (nSPS) is 11.5. The van der Waals surface area contributed by atoms with Crippen LogP contribution < -0.4 is 5.73 Å². The lowest BCUT2D eigenvalue weighted by Gasteiger charge is -2.17. The lowest BCUT2D eigenvalue weighted by Crippen LogP contribution is -1.99. The summed E-state index contributed by atoms with van der Waals surface area (Å²) in [6.45, 7) is 6.66. The molecule has 0 saturated carbocycles. The molecule has 120 valence electrons. The number of hydrogen-bond donors (Lipinski definition) is 1. The number of nitrogen functional groups attached to an aromatic ring is 1. The number of rotatable bonds is 1. The van der Waals surface area contributed by atoms with Crippen LogP contribution in [0.5, 0.6) is 0 Å². The molecular formula is C22H22N2. The van der Waals surface area contributed by atoms with Crippen molar-refractivity contribution in [2.45, 2.75) is 20.8 Å². The number of hydrogen-bond acceptors (Lipinski definition) is 1. The van der Waals surface area contributed by atoms with Crippen molar-refractivity contribution in [1.29, 1.82) is 0 Å². The molecule has 24 heavy (non-hydrogen) atoms. The minimum absolute atomic E-state index is 0.834. The number of aryl methyl sites for hydroxylation is 3. The predicted molar refractivity (Wildman–Crippen MR) is 104 cm³/mol. The van der Waals surface area contributed by atoms with Gasteiger partial charge in [-0.2, -0.15) is 0 Å². The SMILES string of the molecule is Cc1c(-c2ccccc2N)c(C)c2c(c1C)c1ccccc1n2C. The van der Waals surface area contributed by atoms with Crippen molar-refractivity contribution in [1.82, 2.24) is 4.57 Å². The standard InChI is InChI=1S/C22H22N2/c1-13-14(2)21-17-10-6-8-12-19(17)24(4)22(21)15(3)20(13)16-9-5-7-11-18(16)23/h5-12H,23H2,1-4H3. The first kappa shape index (κ1) is 14.8. The molecule has 1 aromatic heterocycles. The number of aromatic nitrogens is 1. The van der Waals surface area contributed by atoms with Gasteiger partial charge in [0.1, 0.15) is 0 Å². The first-order valence-corrected chi connectivity index (χ1v) is 8.34.